The van der Waals surface area contributed by atoms with E-state index in [1.54, 1.807) is 0 Å². The van der Waals surface area contributed by atoms with E-state index in [1.807, 2.05) is 12.1 Å². The van der Waals surface area contributed by atoms with Crippen LogP contribution in [-0.2, 0) is 0 Å². The second-order valence-electron chi connectivity index (χ2n) is 6.06. The first-order valence-electron chi connectivity index (χ1n) is 7.08. The smallest absolute Gasteiger partial charge is 0.0551 e. The molecule has 2 aliphatic carbocycles. The molecule has 4 unspecified atom stereocenters. The third-order valence-corrected chi connectivity index (χ3v) is 6.20. The van der Waals surface area contributed by atoms with E-state index in [1.165, 1.54) is 31.2 Å². The second kappa shape index (κ2) is 5.72. The molecule has 0 heterocycles. The van der Waals surface area contributed by atoms with Crippen molar-refractivity contribution >= 4 is 27.5 Å². The predicted octanol–water partition coefficient (Wildman–Crippen LogP) is 4.43. The Morgan fingerprint density at radius 1 is 1.37 bits per heavy atom. The highest BCUT2D eigenvalue weighted by Gasteiger charge is 2.40. The molecule has 4 atom stereocenters. The summed E-state index contributed by atoms with van der Waals surface area (Å²) in [5, 5.41) is 0.755. The van der Waals surface area contributed by atoms with Crippen LogP contribution in [0.2, 0.25) is 5.02 Å². The molecule has 2 aliphatic rings. The minimum atomic E-state index is 0.218. The Labute approximate surface area is 128 Å². The third kappa shape index (κ3) is 2.85. The molecule has 2 nitrogen and oxygen atoms in total. The van der Waals surface area contributed by atoms with Crippen molar-refractivity contribution in [2.75, 3.05) is 0 Å². The summed E-state index contributed by atoms with van der Waals surface area (Å²) in [4.78, 5) is 0. The maximum atomic E-state index is 6.18. The highest BCUT2D eigenvalue weighted by molar-refractivity contribution is 9.10. The van der Waals surface area contributed by atoms with Crippen molar-refractivity contribution in [1.82, 2.24) is 5.43 Å². The number of hydrazine groups is 1. The quantitative estimate of drug-likeness (QED) is 0.627. The van der Waals surface area contributed by atoms with Crippen LogP contribution in [-0.4, -0.2) is 0 Å². The molecule has 0 aliphatic heterocycles. The van der Waals surface area contributed by atoms with Crippen LogP contribution in [0, 0.1) is 17.8 Å². The lowest BCUT2D eigenvalue weighted by atomic mass is 9.83. The van der Waals surface area contributed by atoms with E-state index in [2.05, 4.69) is 27.4 Å². The molecule has 2 bridgehead atoms. The van der Waals surface area contributed by atoms with Gasteiger partial charge in [-0.05, 0) is 77.1 Å². The van der Waals surface area contributed by atoms with Crippen LogP contribution in [0.15, 0.2) is 22.7 Å². The van der Waals surface area contributed by atoms with Gasteiger partial charge in [-0.2, -0.15) is 0 Å². The molecule has 0 saturated heterocycles. The number of benzene rings is 1. The van der Waals surface area contributed by atoms with Crippen molar-refractivity contribution in [3.63, 3.8) is 0 Å². The van der Waals surface area contributed by atoms with Crippen LogP contribution in [0.3, 0.4) is 0 Å². The molecule has 0 amide bonds. The van der Waals surface area contributed by atoms with E-state index in [-0.39, 0.29) is 6.04 Å². The van der Waals surface area contributed by atoms with Crippen LogP contribution in [0.5, 0.6) is 0 Å². The SMILES string of the molecule is NNC(CC1CC2CCC1C2)c1ccc(Br)c(Cl)c1. The number of halogens is 2. The van der Waals surface area contributed by atoms with Crippen LogP contribution >= 0.6 is 27.5 Å². The minimum Gasteiger partial charge on any atom is -0.271 e. The number of hydrogen-bond acceptors (Lipinski definition) is 2. The lowest BCUT2D eigenvalue weighted by Gasteiger charge is -2.26. The molecule has 104 valence electrons. The molecule has 19 heavy (non-hydrogen) atoms. The fourth-order valence-corrected chi connectivity index (χ4v) is 4.43. The van der Waals surface area contributed by atoms with Gasteiger partial charge in [0.05, 0.1) is 5.02 Å². The number of nitrogens with two attached hydrogens (primary N) is 1. The summed E-state index contributed by atoms with van der Waals surface area (Å²) in [5.41, 5.74) is 4.17. The molecular formula is C15H20BrClN2. The topological polar surface area (TPSA) is 38.0 Å². The molecule has 1 aromatic carbocycles. The number of nitrogens with one attached hydrogen (secondary N) is 1. The molecule has 2 fully saturated rings. The maximum Gasteiger partial charge on any atom is 0.0551 e. The zero-order valence-corrected chi connectivity index (χ0v) is 13.3. The first-order chi connectivity index (χ1) is 9.17. The first kappa shape index (κ1) is 13.9. The summed E-state index contributed by atoms with van der Waals surface area (Å²) in [5.74, 6) is 8.52. The van der Waals surface area contributed by atoms with Crippen LogP contribution in [0.25, 0.3) is 0 Å². The third-order valence-electron chi connectivity index (χ3n) is 4.97. The van der Waals surface area contributed by atoms with Crippen molar-refractivity contribution in [3.05, 3.63) is 33.3 Å². The number of hydrogen-bond donors (Lipinski definition) is 2. The zero-order valence-electron chi connectivity index (χ0n) is 10.9. The molecule has 3 N–H and O–H groups in total. The predicted molar refractivity (Wildman–Crippen MR) is 82.8 cm³/mol. The van der Waals surface area contributed by atoms with Gasteiger partial charge in [0.2, 0.25) is 0 Å². The standard InChI is InChI=1S/C15H20BrClN2/c16-13-4-3-11(7-14(13)17)15(19-18)8-12-6-9-1-2-10(12)5-9/h3-4,7,9-10,12,15,19H,1-2,5-6,8,18H2. The summed E-state index contributed by atoms with van der Waals surface area (Å²) in [6, 6.07) is 6.34. The second-order valence-corrected chi connectivity index (χ2v) is 7.32. The Hall–Kier alpha value is -0.0900. The average molecular weight is 344 g/mol. The van der Waals surface area contributed by atoms with E-state index < -0.39 is 0 Å². The molecule has 2 saturated carbocycles. The molecular weight excluding hydrogens is 324 g/mol. The van der Waals surface area contributed by atoms with Crippen molar-refractivity contribution in [3.8, 4) is 0 Å². The van der Waals surface area contributed by atoms with Crippen molar-refractivity contribution in [2.45, 2.75) is 38.1 Å². The van der Waals surface area contributed by atoms with Gasteiger partial charge in [0.25, 0.3) is 0 Å². The lowest BCUT2D eigenvalue weighted by molar-refractivity contribution is 0.280. The van der Waals surface area contributed by atoms with E-state index in [0.717, 1.165) is 33.7 Å². The normalized spacial score (nSPS) is 30.8. The largest absolute Gasteiger partial charge is 0.271 e. The molecule has 1 aromatic rings. The Kier molecular flexibility index (Phi) is 4.18. The zero-order chi connectivity index (χ0) is 13.4. The van der Waals surface area contributed by atoms with Gasteiger partial charge in [-0.15, -0.1) is 0 Å². The van der Waals surface area contributed by atoms with Gasteiger partial charge in [-0.25, -0.2) is 0 Å². The van der Waals surface area contributed by atoms with Crippen molar-refractivity contribution in [1.29, 1.82) is 0 Å². The molecule has 4 heteroatoms. The van der Waals surface area contributed by atoms with Crippen molar-refractivity contribution < 1.29 is 0 Å². The van der Waals surface area contributed by atoms with E-state index in [9.17, 15) is 0 Å². The Balaban J connectivity index is 1.71. The summed E-state index contributed by atoms with van der Waals surface area (Å²) in [6.45, 7) is 0. The minimum absolute atomic E-state index is 0.218. The fourth-order valence-electron chi connectivity index (χ4n) is 4.00. The number of rotatable bonds is 4. The summed E-state index contributed by atoms with van der Waals surface area (Å²) < 4.78 is 0.939. The van der Waals surface area contributed by atoms with Gasteiger partial charge >= 0.3 is 0 Å². The van der Waals surface area contributed by atoms with Gasteiger partial charge in [0.15, 0.2) is 0 Å². The van der Waals surface area contributed by atoms with Gasteiger partial charge in [-0.1, -0.05) is 24.1 Å². The molecule has 0 aromatic heterocycles. The van der Waals surface area contributed by atoms with Crippen LogP contribution in [0.4, 0.5) is 0 Å². The van der Waals surface area contributed by atoms with E-state index in [4.69, 9.17) is 17.4 Å². The van der Waals surface area contributed by atoms with Gasteiger partial charge in [0, 0.05) is 10.5 Å². The average Bonchev–Trinajstić information content (AvgIpc) is 3.01. The summed E-state index contributed by atoms with van der Waals surface area (Å²) in [6.07, 6.45) is 6.85. The van der Waals surface area contributed by atoms with Gasteiger partial charge < -0.3 is 0 Å². The van der Waals surface area contributed by atoms with Gasteiger partial charge in [-0.3, -0.25) is 11.3 Å². The first-order valence-corrected chi connectivity index (χ1v) is 8.25. The summed E-state index contributed by atoms with van der Waals surface area (Å²) >= 11 is 9.61. The van der Waals surface area contributed by atoms with Gasteiger partial charge in [0.1, 0.15) is 0 Å². The summed E-state index contributed by atoms with van der Waals surface area (Å²) in [7, 11) is 0. The highest BCUT2D eigenvalue weighted by atomic mass is 79.9. The van der Waals surface area contributed by atoms with Crippen LogP contribution in [0.1, 0.15) is 43.7 Å². The maximum absolute atomic E-state index is 6.18. The lowest BCUT2D eigenvalue weighted by Crippen LogP contribution is -2.30. The Morgan fingerprint density at radius 2 is 2.21 bits per heavy atom. The van der Waals surface area contributed by atoms with E-state index in [0.29, 0.717) is 0 Å². The monoisotopic (exact) mass is 342 g/mol. The molecule has 0 spiro atoms. The molecule has 3 rings (SSSR count). The molecule has 0 radical (unpaired) electrons. The van der Waals surface area contributed by atoms with Crippen LogP contribution < -0.4 is 11.3 Å². The number of fused-ring (bicyclic) bond motifs is 2. The van der Waals surface area contributed by atoms with E-state index >= 15 is 0 Å². The Morgan fingerprint density at radius 3 is 2.79 bits per heavy atom. The Bertz CT molecular complexity index is 465. The fraction of sp³-hybridized carbons (Fsp3) is 0.600. The highest BCUT2D eigenvalue weighted by Crippen LogP contribution is 2.50. The van der Waals surface area contributed by atoms with Crippen molar-refractivity contribution in [2.24, 2.45) is 23.6 Å².